The third-order valence-electron chi connectivity index (χ3n) is 7.23. The maximum Gasteiger partial charge on any atom is 0.127 e. The summed E-state index contributed by atoms with van der Waals surface area (Å²) >= 11 is 0. The summed E-state index contributed by atoms with van der Waals surface area (Å²) in [6.07, 6.45) is 0.870. The Balaban J connectivity index is 1.38. The molecule has 198 valence electrons. The van der Waals surface area contributed by atoms with Gasteiger partial charge in [-0.2, -0.15) is 5.10 Å². The van der Waals surface area contributed by atoms with Gasteiger partial charge in [-0.25, -0.2) is 13.5 Å². The molecule has 4 aromatic rings. The zero-order valence-electron chi connectivity index (χ0n) is 21.7. The molecule has 5 nitrogen and oxygen atoms in total. The Morgan fingerprint density at radius 3 is 2.47 bits per heavy atom. The Kier molecular flexibility index (Phi) is 8.27. The Bertz CT molecular complexity index is 1340. The van der Waals surface area contributed by atoms with Crippen LogP contribution >= 0.6 is 0 Å². The molecule has 2 heterocycles. The standard InChI is InChI=1S/C31H34F2N4O/c1-2-35(20-27(38)17-23-9-5-3-6-10-23)22-30-28-21-36(19-24-18-25(32)13-14-29(24)33)16-15-31(28)37(34-30)26-11-7-4-8-12-26/h3-14,18,27,38H,2,15-17,19-22H2,1H3/t27-/m0/s1. The number of likely N-dealkylation sites (N-methyl/N-ethyl adjacent to an activating group) is 1. The molecule has 0 aliphatic carbocycles. The Morgan fingerprint density at radius 1 is 1.00 bits per heavy atom. The van der Waals surface area contributed by atoms with Gasteiger partial charge in [-0.15, -0.1) is 0 Å². The highest BCUT2D eigenvalue weighted by molar-refractivity contribution is 5.39. The van der Waals surface area contributed by atoms with Gasteiger partial charge < -0.3 is 5.11 Å². The minimum atomic E-state index is -0.489. The summed E-state index contributed by atoms with van der Waals surface area (Å²) < 4.78 is 30.2. The predicted octanol–water partition coefficient (Wildman–Crippen LogP) is 5.13. The first-order valence-corrected chi connectivity index (χ1v) is 13.3. The first kappa shape index (κ1) is 26.2. The van der Waals surface area contributed by atoms with Gasteiger partial charge in [0, 0.05) is 50.3 Å². The van der Waals surface area contributed by atoms with Crippen molar-refractivity contribution in [2.24, 2.45) is 0 Å². The van der Waals surface area contributed by atoms with E-state index in [1.807, 2.05) is 65.3 Å². The molecule has 38 heavy (non-hydrogen) atoms. The van der Waals surface area contributed by atoms with Gasteiger partial charge in [-0.1, -0.05) is 55.5 Å². The number of aromatic nitrogens is 2. The minimum Gasteiger partial charge on any atom is -0.391 e. The summed E-state index contributed by atoms with van der Waals surface area (Å²) in [5.74, 6) is -0.814. The molecule has 0 spiro atoms. The summed E-state index contributed by atoms with van der Waals surface area (Å²) in [7, 11) is 0. The molecule has 1 atom stereocenters. The zero-order chi connectivity index (χ0) is 26.5. The van der Waals surface area contributed by atoms with E-state index in [9.17, 15) is 13.9 Å². The average molecular weight is 517 g/mol. The van der Waals surface area contributed by atoms with E-state index in [4.69, 9.17) is 5.10 Å². The molecule has 1 aromatic heterocycles. The Labute approximate surface area is 222 Å². The number of halogens is 2. The second kappa shape index (κ2) is 12.0. The van der Waals surface area contributed by atoms with Crippen LogP contribution in [0.5, 0.6) is 0 Å². The van der Waals surface area contributed by atoms with Crippen molar-refractivity contribution < 1.29 is 13.9 Å². The van der Waals surface area contributed by atoms with Crippen LogP contribution in [0, 0.1) is 11.6 Å². The summed E-state index contributed by atoms with van der Waals surface area (Å²) in [5, 5.41) is 15.9. The van der Waals surface area contributed by atoms with Crippen LogP contribution in [-0.4, -0.2) is 50.4 Å². The number of hydrogen-bond donors (Lipinski definition) is 1. The Hall–Kier alpha value is -3.39. The van der Waals surface area contributed by atoms with E-state index in [0.717, 1.165) is 53.8 Å². The van der Waals surface area contributed by atoms with Crippen LogP contribution in [0.2, 0.25) is 0 Å². The molecule has 7 heteroatoms. The van der Waals surface area contributed by atoms with Crippen LogP contribution in [0.4, 0.5) is 8.78 Å². The van der Waals surface area contributed by atoms with Gasteiger partial charge in [0.1, 0.15) is 11.6 Å². The van der Waals surface area contributed by atoms with Crippen molar-refractivity contribution in [3.63, 3.8) is 0 Å². The molecule has 0 saturated heterocycles. The fourth-order valence-electron chi connectivity index (χ4n) is 5.26. The van der Waals surface area contributed by atoms with Crippen molar-refractivity contribution in [3.8, 4) is 5.69 Å². The molecule has 1 N–H and O–H groups in total. The third kappa shape index (κ3) is 6.18. The van der Waals surface area contributed by atoms with Crippen LogP contribution < -0.4 is 0 Å². The molecule has 0 radical (unpaired) electrons. The van der Waals surface area contributed by atoms with Crippen LogP contribution in [0.3, 0.4) is 0 Å². The normalized spacial score (nSPS) is 14.6. The van der Waals surface area contributed by atoms with Gasteiger partial charge in [0.2, 0.25) is 0 Å². The third-order valence-corrected chi connectivity index (χ3v) is 7.23. The molecule has 5 rings (SSSR count). The van der Waals surface area contributed by atoms with Gasteiger partial charge in [0.25, 0.3) is 0 Å². The lowest BCUT2D eigenvalue weighted by Gasteiger charge is -2.29. The van der Waals surface area contributed by atoms with E-state index >= 15 is 0 Å². The molecule has 1 aliphatic heterocycles. The van der Waals surface area contributed by atoms with Crippen LogP contribution in [0.1, 0.15) is 35.0 Å². The topological polar surface area (TPSA) is 44.5 Å². The average Bonchev–Trinajstić information content (AvgIpc) is 3.29. The lowest BCUT2D eigenvalue weighted by molar-refractivity contribution is 0.110. The highest BCUT2D eigenvalue weighted by Crippen LogP contribution is 2.28. The van der Waals surface area contributed by atoms with E-state index in [2.05, 4.69) is 16.7 Å². The molecule has 0 amide bonds. The number of benzene rings is 3. The van der Waals surface area contributed by atoms with Crippen LogP contribution in [0.25, 0.3) is 5.69 Å². The van der Waals surface area contributed by atoms with Crippen LogP contribution in [-0.2, 0) is 32.5 Å². The number of rotatable bonds is 10. The SMILES string of the molecule is CCN(Cc1nn(-c2ccccc2)c2c1CN(Cc1cc(F)ccc1F)CC2)C[C@@H](O)Cc1ccccc1. The second-order valence-corrected chi connectivity index (χ2v) is 9.99. The van der Waals surface area contributed by atoms with Crippen molar-refractivity contribution in [2.45, 2.75) is 45.5 Å². The van der Waals surface area contributed by atoms with Gasteiger partial charge in [0.15, 0.2) is 0 Å². The van der Waals surface area contributed by atoms with Crippen molar-refractivity contribution >= 4 is 0 Å². The molecular weight excluding hydrogens is 482 g/mol. The number of aliphatic hydroxyl groups excluding tert-OH is 1. The summed E-state index contributed by atoms with van der Waals surface area (Å²) in [5.41, 5.74) is 5.73. The van der Waals surface area contributed by atoms with Crippen LogP contribution in [0.15, 0.2) is 78.9 Å². The highest BCUT2D eigenvalue weighted by Gasteiger charge is 2.27. The number of para-hydroxylation sites is 1. The smallest absolute Gasteiger partial charge is 0.127 e. The molecule has 0 fully saturated rings. The summed E-state index contributed by atoms with van der Waals surface area (Å²) in [4.78, 5) is 4.37. The molecule has 1 aliphatic rings. The zero-order valence-corrected chi connectivity index (χ0v) is 21.7. The first-order chi connectivity index (χ1) is 18.5. The molecule has 0 bridgehead atoms. The molecular formula is C31H34F2N4O. The summed E-state index contributed by atoms with van der Waals surface area (Å²) in [6, 6.07) is 23.8. The number of nitrogens with zero attached hydrogens (tertiary/aromatic N) is 4. The van der Waals surface area contributed by atoms with Crippen molar-refractivity contribution in [2.75, 3.05) is 19.6 Å². The van der Waals surface area contributed by atoms with E-state index in [1.165, 1.54) is 12.1 Å². The van der Waals surface area contributed by atoms with Crippen molar-refractivity contribution in [3.05, 3.63) is 119 Å². The lowest BCUT2D eigenvalue weighted by atomic mass is 10.0. The van der Waals surface area contributed by atoms with Gasteiger partial charge >= 0.3 is 0 Å². The maximum atomic E-state index is 14.4. The number of fused-ring (bicyclic) bond motifs is 1. The van der Waals surface area contributed by atoms with Crippen molar-refractivity contribution in [1.82, 2.24) is 19.6 Å². The van der Waals surface area contributed by atoms with E-state index in [0.29, 0.717) is 38.2 Å². The van der Waals surface area contributed by atoms with E-state index < -0.39 is 11.9 Å². The van der Waals surface area contributed by atoms with Gasteiger partial charge in [-0.3, -0.25) is 9.80 Å². The van der Waals surface area contributed by atoms with Gasteiger partial charge in [-0.05, 0) is 48.9 Å². The number of aliphatic hydroxyl groups is 1. The largest absolute Gasteiger partial charge is 0.391 e. The van der Waals surface area contributed by atoms with Gasteiger partial charge in [0.05, 0.1) is 23.2 Å². The molecule has 0 saturated carbocycles. The number of hydrogen-bond acceptors (Lipinski definition) is 4. The predicted molar refractivity (Wildman–Crippen MR) is 145 cm³/mol. The summed E-state index contributed by atoms with van der Waals surface area (Å²) in [6.45, 7) is 5.69. The van der Waals surface area contributed by atoms with Crippen molar-refractivity contribution in [1.29, 1.82) is 0 Å². The monoisotopic (exact) mass is 516 g/mol. The highest BCUT2D eigenvalue weighted by atomic mass is 19.1. The first-order valence-electron chi connectivity index (χ1n) is 13.3. The van der Waals surface area contributed by atoms with E-state index in [1.54, 1.807) is 0 Å². The maximum absolute atomic E-state index is 14.4. The van der Waals surface area contributed by atoms with E-state index in [-0.39, 0.29) is 5.82 Å². The fourth-order valence-corrected chi connectivity index (χ4v) is 5.26. The fraction of sp³-hybridized carbons (Fsp3) is 0.323. The minimum absolute atomic E-state index is 0.340. The molecule has 0 unspecified atom stereocenters. The lowest BCUT2D eigenvalue weighted by Crippen LogP contribution is -2.34. The Morgan fingerprint density at radius 2 is 1.74 bits per heavy atom. The molecule has 3 aromatic carbocycles. The quantitative estimate of drug-likeness (QED) is 0.317. The second-order valence-electron chi connectivity index (χ2n) is 9.99.